The van der Waals surface area contributed by atoms with Gasteiger partial charge in [-0.05, 0) is 122 Å². The van der Waals surface area contributed by atoms with Crippen molar-refractivity contribution in [3.05, 3.63) is 85.1 Å². The lowest BCUT2D eigenvalue weighted by Crippen LogP contribution is -2.30. The van der Waals surface area contributed by atoms with Gasteiger partial charge >= 0.3 is 17.9 Å². The smallest absolute Gasteiger partial charge is 0.306 e. The fourth-order valence-corrected chi connectivity index (χ4v) is 7.92. The van der Waals surface area contributed by atoms with E-state index in [1.54, 1.807) is 0 Å². The van der Waals surface area contributed by atoms with Gasteiger partial charge in [0.2, 0.25) is 0 Å². The molecule has 6 nitrogen and oxygen atoms in total. The molecule has 0 aromatic heterocycles. The minimum Gasteiger partial charge on any atom is -0.462 e. The summed E-state index contributed by atoms with van der Waals surface area (Å²) in [5.41, 5.74) is 0. The van der Waals surface area contributed by atoms with Gasteiger partial charge in [0.05, 0.1) is 0 Å². The van der Waals surface area contributed by atoms with Crippen LogP contribution in [-0.4, -0.2) is 37.2 Å². The van der Waals surface area contributed by atoms with E-state index >= 15 is 0 Å². The van der Waals surface area contributed by atoms with E-state index < -0.39 is 6.10 Å². The van der Waals surface area contributed by atoms with E-state index in [4.69, 9.17) is 14.2 Å². The highest BCUT2D eigenvalue weighted by molar-refractivity contribution is 5.71. The van der Waals surface area contributed by atoms with Crippen LogP contribution in [0, 0.1) is 0 Å². The Morgan fingerprint density at radius 3 is 0.855 bits per heavy atom. The Morgan fingerprint density at radius 1 is 0.290 bits per heavy atom. The molecule has 0 aliphatic carbocycles. The first-order chi connectivity index (χ1) is 34.0. The van der Waals surface area contributed by atoms with Crippen LogP contribution in [0.1, 0.15) is 278 Å². The Labute approximate surface area is 426 Å². The van der Waals surface area contributed by atoms with E-state index in [1.807, 2.05) is 0 Å². The van der Waals surface area contributed by atoms with Crippen molar-refractivity contribution in [3.8, 4) is 0 Å². The number of hydrogen-bond acceptors (Lipinski definition) is 6. The fourth-order valence-electron chi connectivity index (χ4n) is 7.92. The van der Waals surface area contributed by atoms with Crippen molar-refractivity contribution in [1.82, 2.24) is 0 Å². The molecule has 0 N–H and O–H groups in total. The maximum absolute atomic E-state index is 12.9. The molecular weight excluding hydrogens is 853 g/mol. The van der Waals surface area contributed by atoms with Gasteiger partial charge < -0.3 is 14.2 Å². The molecule has 0 saturated carbocycles. The van der Waals surface area contributed by atoms with Crippen molar-refractivity contribution in [2.45, 2.75) is 284 Å². The zero-order chi connectivity index (χ0) is 50.0. The van der Waals surface area contributed by atoms with Gasteiger partial charge in [-0.1, -0.05) is 221 Å². The lowest BCUT2D eigenvalue weighted by Gasteiger charge is -2.18. The topological polar surface area (TPSA) is 78.9 Å². The molecule has 1 atom stereocenters. The molecule has 0 radical (unpaired) electrons. The maximum Gasteiger partial charge on any atom is 0.306 e. The molecule has 0 aliphatic heterocycles. The zero-order valence-electron chi connectivity index (χ0n) is 45.3. The van der Waals surface area contributed by atoms with Crippen molar-refractivity contribution < 1.29 is 28.6 Å². The van der Waals surface area contributed by atoms with Gasteiger partial charge in [-0.2, -0.15) is 0 Å². The van der Waals surface area contributed by atoms with E-state index in [0.717, 1.165) is 109 Å². The lowest BCUT2D eigenvalue weighted by molar-refractivity contribution is -0.167. The lowest BCUT2D eigenvalue weighted by atomic mass is 10.1. The van der Waals surface area contributed by atoms with Gasteiger partial charge in [0, 0.05) is 19.3 Å². The second-order valence-electron chi connectivity index (χ2n) is 19.2. The summed E-state index contributed by atoms with van der Waals surface area (Å²) < 4.78 is 16.8. The standard InChI is InChI=1S/C63H108O6/c1-4-7-10-13-16-19-22-25-28-31-34-37-40-43-46-49-52-55-61(64)67-58-60(69-63(66)57-54-51-48-45-42-39-36-33-30-27-24-21-18-15-12-9-6-3)59-68-62(65)56-53-50-47-44-41-38-35-32-29-26-23-20-17-14-11-8-5-2/h16,18-19,21,25-30,34,36-37,39,60H,4-15,17,20,22-24,31-33,35,38,40-59H2,1-3H3/b19-16-,21-18-,28-25-,29-26-,30-27-,37-34-,39-36-/t60-/m1/s1. The maximum atomic E-state index is 12.9. The largest absolute Gasteiger partial charge is 0.462 e. The monoisotopic (exact) mass is 961 g/mol. The molecule has 6 heteroatoms. The Hall–Kier alpha value is -3.41. The second-order valence-corrected chi connectivity index (χ2v) is 19.2. The predicted octanol–water partition coefficient (Wildman–Crippen LogP) is 19.5. The van der Waals surface area contributed by atoms with E-state index in [1.165, 1.54) is 128 Å². The third-order valence-electron chi connectivity index (χ3n) is 12.3. The van der Waals surface area contributed by atoms with Crippen LogP contribution in [0.5, 0.6) is 0 Å². The van der Waals surface area contributed by atoms with Crippen molar-refractivity contribution in [1.29, 1.82) is 0 Å². The molecule has 0 saturated heterocycles. The normalized spacial score (nSPS) is 12.7. The fraction of sp³-hybridized carbons (Fsp3) is 0.730. The number of carbonyl (C=O) groups excluding carboxylic acids is 3. The van der Waals surface area contributed by atoms with E-state index in [-0.39, 0.29) is 31.1 Å². The number of carbonyl (C=O) groups is 3. The molecule has 69 heavy (non-hydrogen) atoms. The molecule has 0 aromatic rings. The number of hydrogen-bond donors (Lipinski definition) is 0. The van der Waals surface area contributed by atoms with Gasteiger partial charge in [0.15, 0.2) is 6.10 Å². The number of unbranched alkanes of at least 4 members (excludes halogenated alkanes) is 27. The molecule has 0 bridgehead atoms. The van der Waals surface area contributed by atoms with Crippen LogP contribution in [0.15, 0.2) is 85.1 Å². The summed E-state index contributed by atoms with van der Waals surface area (Å²) in [6.07, 6.45) is 74.2. The number of ether oxygens (including phenoxy) is 3. The van der Waals surface area contributed by atoms with Crippen molar-refractivity contribution >= 4 is 17.9 Å². The van der Waals surface area contributed by atoms with Crippen molar-refractivity contribution in [3.63, 3.8) is 0 Å². The Balaban J connectivity index is 4.47. The summed E-state index contributed by atoms with van der Waals surface area (Å²) in [6.45, 7) is 6.55. The SMILES string of the molecule is CCCCC/C=C\C/C=C\C/C=C\CCCCCCC(=O)OC[C@H](COC(=O)CCCCCCCCC/C=C\CCCCCCCC)OC(=O)CCCCCC/C=C\C/C=C\C/C=C\CCCCC. The number of rotatable bonds is 52. The highest BCUT2D eigenvalue weighted by Crippen LogP contribution is 2.14. The highest BCUT2D eigenvalue weighted by atomic mass is 16.6. The van der Waals surface area contributed by atoms with Gasteiger partial charge in [-0.25, -0.2) is 0 Å². The third kappa shape index (κ3) is 55.4. The van der Waals surface area contributed by atoms with Crippen LogP contribution in [0.3, 0.4) is 0 Å². The summed E-state index contributed by atoms with van der Waals surface area (Å²) in [5.74, 6) is -0.938. The van der Waals surface area contributed by atoms with E-state index in [0.29, 0.717) is 19.3 Å². The summed E-state index contributed by atoms with van der Waals surface area (Å²) in [4.78, 5) is 38.2. The summed E-state index contributed by atoms with van der Waals surface area (Å²) in [5, 5.41) is 0. The molecule has 0 aromatic carbocycles. The number of esters is 3. The molecule has 0 fully saturated rings. The minimum atomic E-state index is -0.801. The average molecular weight is 962 g/mol. The molecule has 0 aliphatic rings. The predicted molar refractivity (Wildman–Crippen MR) is 297 cm³/mol. The zero-order valence-corrected chi connectivity index (χ0v) is 45.3. The van der Waals surface area contributed by atoms with E-state index in [9.17, 15) is 14.4 Å². The van der Waals surface area contributed by atoms with Crippen LogP contribution < -0.4 is 0 Å². The quantitative estimate of drug-likeness (QED) is 0.0262. The van der Waals surface area contributed by atoms with Crippen LogP contribution in [0.25, 0.3) is 0 Å². The van der Waals surface area contributed by atoms with Crippen LogP contribution in [0.4, 0.5) is 0 Å². The third-order valence-corrected chi connectivity index (χ3v) is 12.3. The minimum absolute atomic E-state index is 0.0952. The second kappa shape index (κ2) is 57.2. The van der Waals surface area contributed by atoms with Crippen LogP contribution >= 0.6 is 0 Å². The Kier molecular flexibility index (Phi) is 54.3. The van der Waals surface area contributed by atoms with Crippen LogP contribution in [0.2, 0.25) is 0 Å². The summed E-state index contributed by atoms with van der Waals surface area (Å²) in [6, 6.07) is 0. The van der Waals surface area contributed by atoms with Gasteiger partial charge in [0.1, 0.15) is 13.2 Å². The molecular formula is C63H108O6. The van der Waals surface area contributed by atoms with Gasteiger partial charge in [0.25, 0.3) is 0 Å². The average Bonchev–Trinajstić information content (AvgIpc) is 3.35. The Morgan fingerprint density at radius 2 is 0.522 bits per heavy atom. The first-order valence-electron chi connectivity index (χ1n) is 29.1. The summed E-state index contributed by atoms with van der Waals surface area (Å²) >= 11 is 0. The van der Waals surface area contributed by atoms with Crippen molar-refractivity contribution in [2.75, 3.05) is 13.2 Å². The Bertz CT molecular complexity index is 1330. The molecule has 0 amide bonds. The molecule has 396 valence electrons. The van der Waals surface area contributed by atoms with E-state index in [2.05, 4.69) is 106 Å². The molecule has 0 unspecified atom stereocenters. The molecule has 0 spiro atoms. The van der Waals surface area contributed by atoms with Gasteiger partial charge in [-0.3, -0.25) is 14.4 Å². The van der Waals surface area contributed by atoms with Crippen molar-refractivity contribution in [2.24, 2.45) is 0 Å². The number of allylic oxidation sites excluding steroid dienone is 14. The molecule has 0 rings (SSSR count). The van der Waals surface area contributed by atoms with Crippen LogP contribution in [-0.2, 0) is 28.6 Å². The first kappa shape index (κ1) is 65.6. The highest BCUT2D eigenvalue weighted by Gasteiger charge is 2.19. The molecule has 0 heterocycles. The first-order valence-corrected chi connectivity index (χ1v) is 29.1. The van der Waals surface area contributed by atoms with Gasteiger partial charge in [-0.15, -0.1) is 0 Å². The summed E-state index contributed by atoms with van der Waals surface area (Å²) in [7, 11) is 0.